The number of hydrogen-bond acceptors (Lipinski definition) is 4. The minimum Gasteiger partial charge on any atom is -0.479 e. The van der Waals surface area contributed by atoms with E-state index in [4.69, 9.17) is 9.84 Å². The predicted molar refractivity (Wildman–Crippen MR) is 62.6 cm³/mol. The standard InChI is InChI=1S/C10H8BrN3O3/c1-17-9-8(10(15)16)5-14(13-9)7-2-6(11)3-12-4-7/h2-5H,1H3,(H,15,16). The number of hydrogen-bond donors (Lipinski definition) is 1. The van der Waals surface area contributed by atoms with Gasteiger partial charge in [-0.1, -0.05) is 0 Å². The van der Waals surface area contributed by atoms with Crippen LogP contribution in [0.25, 0.3) is 5.69 Å². The summed E-state index contributed by atoms with van der Waals surface area (Å²) >= 11 is 3.28. The van der Waals surface area contributed by atoms with Crippen LogP contribution >= 0.6 is 15.9 Å². The van der Waals surface area contributed by atoms with Gasteiger partial charge >= 0.3 is 5.97 Å². The molecule has 0 unspecified atom stereocenters. The summed E-state index contributed by atoms with van der Waals surface area (Å²) in [7, 11) is 1.37. The minimum atomic E-state index is -1.09. The number of aromatic nitrogens is 3. The summed E-state index contributed by atoms with van der Waals surface area (Å²) in [5.74, 6) is -1.02. The van der Waals surface area contributed by atoms with Crippen LogP contribution in [0.15, 0.2) is 29.1 Å². The van der Waals surface area contributed by atoms with E-state index >= 15 is 0 Å². The highest BCUT2D eigenvalue weighted by Gasteiger charge is 2.16. The Bertz CT molecular complexity index is 568. The van der Waals surface area contributed by atoms with Crippen LogP contribution in [0.1, 0.15) is 10.4 Å². The van der Waals surface area contributed by atoms with Gasteiger partial charge in [-0.05, 0) is 22.0 Å². The molecule has 0 saturated heterocycles. The van der Waals surface area contributed by atoms with Crippen LogP contribution in [0.3, 0.4) is 0 Å². The Morgan fingerprint density at radius 1 is 1.53 bits per heavy atom. The van der Waals surface area contributed by atoms with Crippen molar-refractivity contribution in [1.82, 2.24) is 14.8 Å². The van der Waals surface area contributed by atoms with Crippen molar-refractivity contribution in [3.05, 3.63) is 34.7 Å². The Hall–Kier alpha value is -1.89. The van der Waals surface area contributed by atoms with Crippen molar-refractivity contribution in [3.8, 4) is 11.6 Å². The number of carbonyl (C=O) groups is 1. The Kier molecular flexibility index (Phi) is 3.10. The van der Waals surface area contributed by atoms with Gasteiger partial charge in [-0.15, -0.1) is 5.10 Å². The molecule has 0 amide bonds. The lowest BCUT2D eigenvalue weighted by Crippen LogP contribution is -1.97. The molecule has 0 atom stereocenters. The molecule has 0 bridgehead atoms. The van der Waals surface area contributed by atoms with Gasteiger partial charge in [0, 0.05) is 16.9 Å². The van der Waals surface area contributed by atoms with Gasteiger partial charge in [-0.25, -0.2) is 9.48 Å². The number of aromatic carboxylic acids is 1. The molecule has 1 N–H and O–H groups in total. The van der Waals surface area contributed by atoms with Crippen molar-refractivity contribution in [2.45, 2.75) is 0 Å². The molecule has 0 saturated carbocycles. The number of carboxylic acid groups (broad SMARTS) is 1. The second kappa shape index (κ2) is 4.54. The zero-order valence-corrected chi connectivity index (χ0v) is 10.4. The Labute approximate surface area is 105 Å². The first kappa shape index (κ1) is 11.6. The molecular formula is C10H8BrN3O3. The topological polar surface area (TPSA) is 77.2 Å². The molecule has 0 aliphatic carbocycles. The number of methoxy groups -OCH3 is 1. The van der Waals surface area contributed by atoms with E-state index in [9.17, 15) is 4.79 Å². The van der Waals surface area contributed by atoms with Crippen LogP contribution in [-0.4, -0.2) is 33.0 Å². The first-order valence-electron chi connectivity index (χ1n) is 4.59. The summed E-state index contributed by atoms with van der Waals surface area (Å²) in [6, 6.07) is 1.77. The van der Waals surface area contributed by atoms with Gasteiger partial charge in [0.05, 0.1) is 19.0 Å². The van der Waals surface area contributed by atoms with E-state index in [1.165, 1.54) is 18.0 Å². The SMILES string of the molecule is COc1nn(-c2cncc(Br)c2)cc1C(=O)O. The van der Waals surface area contributed by atoms with Crippen molar-refractivity contribution in [2.75, 3.05) is 7.11 Å². The van der Waals surface area contributed by atoms with Crippen LogP contribution in [0.5, 0.6) is 5.88 Å². The fourth-order valence-corrected chi connectivity index (χ4v) is 1.67. The summed E-state index contributed by atoms with van der Waals surface area (Å²) in [4.78, 5) is 14.9. The highest BCUT2D eigenvalue weighted by molar-refractivity contribution is 9.10. The van der Waals surface area contributed by atoms with Gasteiger partial charge in [0.15, 0.2) is 0 Å². The summed E-state index contributed by atoms with van der Waals surface area (Å²) in [5, 5.41) is 13.0. The molecule has 17 heavy (non-hydrogen) atoms. The normalized spacial score (nSPS) is 10.2. The minimum absolute atomic E-state index is 0.00692. The summed E-state index contributed by atoms with van der Waals surface area (Å²) in [6.07, 6.45) is 4.58. The third kappa shape index (κ3) is 2.28. The summed E-state index contributed by atoms with van der Waals surface area (Å²) in [5.41, 5.74) is 0.651. The number of halogens is 1. The van der Waals surface area contributed by atoms with E-state index in [-0.39, 0.29) is 11.4 Å². The van der Waals surface area contributed by atoms with Gasteiger partial charge in [0.25, 0.3) is 0 Å². The monoisotopic (exact) mass is 297 g/mol. The Morgan fingerprint density at radius 2 is 2.29 bits per heavy atom. The van der Waals surface area contributed by atoms with Crippen molar-refractivity contribution in [1.29, 1.82) is 0 Å². The zero-order chi connectivity index (χ0) is 12.4. The van der Waals surface area contributed by atoms with Gasteiger partial charge in [0.1, 0.15) is 5.56 Å². The second-order valence-electron chi connectivity index (χ2n) is 3.16. The molecule has 2 aromatic heterocycles. The molecule has 0 aromatic carbocycles. The molecule has 2 rings (SSSR count). The molecule has 0 radical (unpaired) electrons. The van der Waals surface area contributed by atoms with Crippen LogP contribution in [-0.2, 0) is 0 Å². The van der Waals surface area contributed by atoms with Crippen LogP contribution < -0.4 is 4.74 Å². The van der Waals surface area contributed by atoms with E-state index in [1.54, 1.807) is 18.5 Å². The summed E-state index contributed by atoms with van der Waals surface area (Å²) < 4.78 is 7.08. The smallest absolute Gasteiger partial charge is 0.342 e. The average Bonchev–Trinajstić information content (AvgIpc) is 2.73. The maximum absolute atomic E-state index is 10.9. The molecule has 2 heterocycles. The van der Waals surface area contributed by atoms with Gasteiger partial charge in [-0.3, -0.25) is 4.98 Å². The van der Waals surface area contributed by atoms with E-state index in [0.717, 1.165) is 4.47 Å². The lowest BCUT2D eigenvalue weighted by atomic mass is 10.3. The quantitative estimate of drug-likeness (QED) is 0.934. The fourth-order valence-electron chi connectivity index (χ4n) is 1.31. The van der Waals surface area contributed by atoms with E-state index < -0.39 is 5.97 Å². The largest absolute Gasteiger partial charge is 0.479 e. The predicted octanol–water partition coefficient (Wildman–Crippen LogP) is 1.74. The first-order chi connectivity index (χ1) is 8.11. The van der Waals surface area contributed by atoms with Crippen LogP contribution in [0.2, 0.25) is 0 Å². The Morgan fingerprint density at radius 3 is 2.82 bits per heavy atom. The van der Waals surface area contributed by atoms with Gasteiger partial charge in [-0.2, -0.15) is 0 Å². The molecule has 7 heteroatoms. The van der Waals surface area contributed by atoms with Crippen LogP contribution in [0, 0.1) is 0 Å². The third-order valence-electron chi connectivity index (χ3n) is 2.06. The molecule has 88 valence electrons. The molecular weight excluding hydrogens is 290 g/mol. The maximum Gasteiger partial charge on any atom is 0.342 e. The zero-order valence-electron chi connectivity index (χ0n) is 8.79. The van der Waals surface area contributed by atoms with Crippen LogP contribution in [0.4, 0.5) is 0 Å². The fraction of sp³-hybridized carbons (Fsp3) is 0.100. The number of ether oxygens (including phenoxy) is 1. The number of rotatable bonds is 3. The first-order valence-corrected chi connectivity index (χ1v) is 5.39. The molecule has 0 fully saturated rings. The van der Waals surface area contributed by atoms with Crippen molar-refractivity contribution >= 4 is 21.9 Å². The Balaban J connectivity index is 2.50. The number of nitrogens with zero attached hydrogens (tertiary/aromatic N) is 3. The van der Waals surface area contributed by atoms with E-state index in [0.29, 0.717) is 5.69 Å². The third-order valence-corrected chi connectivity index (χ3v) is 2.49. The van der Waals surface area contributed by atoms with Gasteiger partial charge in [0.2, 0.25) is 5.88 Å². The van der Waals surface area contributed by atoms with Crippen molar-refractivity contribution in [2.24, 2.45) is 0 Å². The molecule has 2 aromatic rings. The van der Waals surface area contributed by atoms with Crippen molar-refractivity contribution in [3.63, 3.8) is 0 Å². The average molecular weight is 298 g/mol. The highest BCUT2D eigenvalue weighted by Crippen LogP contribution is 2.19. The highest BCUT2D eigenvalue weighted by atomic mass is 79.9. The second-order valence-corrected chi connectivity index (χ2v) is 4.08. The maximum atomic E-state index is 10.9. The van der Waals surface area contributed by atoms with E-state index in [2.05, 4.69) is 26.0 Å². The van der Waals surface area contributed by atoms with E-state index in [1.807, 2.05) is 0 Å². The molecule has 0 spiro atoms. The van der Waals surface area contributed by atoms with Gasteiger partial charge < -0.3 is 9.84 Å². The number of carboxylic acids is 1. The lowest BCUT2D eigenvalue weighted by molar-refractivity contribution is 0.0693. The lowest BCUT2D eigenvalue weighted by Gasteiger charge is -1.99. The molecule has 0 aliphatic heterocycles. The summed E-state index contributed by atoms with van der Waals surface area (Å²) in [6.45, 7) is 0. The molecule has 6 nitrogen and oxygen atoms in total. The number of pyridine rings is 1. The van der Waals surface area contributed by atoms with Crippen molar-refractivity contribution < 1.29 is 14.6 Å². The molecule has 0 aliphatic rings.